The van der Waals surface area contributed by atoms with Gasteiger partial charge < -0.3 is 14.6 Å². The molecule has 0 bridgehead atoms. The summed E-state index contributed by atoms with van der Waals surface area (Å²) in [5, 5.41) is 10.5. The minimum absolute atomic E-state index is 0.0731. The Bertz CT molecular complexity index is 998. The van der Waals surface area contributed by atoms with Crippen LogP contribution in [0, 0.1) is 17.3 Å². The molecule has 162 valence electrons. The number of aliphatic hydroxyl groups excluding tert-OH is 1. The van der Waals surface area contributed by atoms with Crippen LogP contribution in [0.3, 0.4) is 0 Å². The van der Waals surface area contributed by atoms with Gasteiger partial charge in [-0.05, 0) is 89.7 Å². The van der Waals surface area contributed by atoms with Crippen LogP contribution in [0.5, 0.6) is 5.75 Å². The number of carbonyl (C=O) groups is 1. The van der Waals surface area contributed by atoms with E-state index >= 15 is 0 Å². The van der Waals surface area contributed by atoms with E-state index in [4.69, 9.17) is 9.47 Å². The number of aliphatic hydroxyl groups is 1. The molecular weight excluding hydrogens is 388 g/mol. The van der Waals surface area contributed by atoms with Crippen LogP contribution < -0.4 is 4.74 Å². The Balaban J connectivity index is 1.27. The molecule has 3 aliphatic rings. The minimum atomic E-state index is -0.677. The zero-order chi connectivity index (χ0) is 21.6. The Morgan fingerprint density at radius 2 is 2.00 bits per heavy atom. The Labute approximate surface area is 183 Å². The molecule has 0 amide bonds. The summed E-state index contributed by atoms with van der Waals surface area (Å²) < 4.78 is 10.7. The van der Waals surface area contributed by atoms with E-state index in [1.165, 1.54) is 11.1 Å². The van der Waals surface area contributed by atoms with Gasteiger partial charge in [0.15, 0.2) is 0 Å². The average Bonchev–Trinajstić information content (AvgIpc) is 3.02. The maximum Gasteiger partial charge on any atom is 0.514 e. The van der Waals surface area contributed by atoms with Crippen LogP contribution >= 0.6 is 0 Å². The van der Waals surface area contributed by atoms with Crippen molar-refractivity contribution in [3.63, 3.8) is 0 Å². The maximum atomic E-state index is 12.1. The third-order valence-electron chi connectivity index (χ3n) is 8.10. The van der Waals surface area contributed by atoms with Gasteiger partial charge in [0.1, 0.15) is 12.4 Å². The Hall–Kier alpha value is -2.59. The number of hydrogen-bond donors (Lipinski definition) is 1. The summed E-state index contributed by atoms with van der Waals surface area (Å²) in [5.74, 6) is 2.15. The summed E-state index contributed by atoms with van der Waals surface area (Å²) in [5.41, 5.74) is 4.70. The number of hydrogen-bond acceptors (Lipinski definition) is 4. The van der Waals surface area contributed by atoms with Crippen molar-refractivity contribution in [3.8, 4) is 5.75 Å². The van der Waals surface area contributed by atoms with E-state index in [1.807, 2.05) is 42.5 Å². The normalized spacial score (nSPS) is 31.4. The fourth-order valence-electron chi connectivity index (χ4n) is 6.38. The van der Waals surface area contributed by atoms with Gasteiger partial charge in [-0.25, -0.2) is 4.79 Å². The summed E-state index contributed by atoms with van der Waals surface area (Å²) in [6, 6.07) is 15.6. The Morgan fingerprint density at radius 1 is 1.19 bits per heavy atom. The highest BCUT2D eigenvalue weighted by atomic mass is 16.7. The lowest BCUT2D eigenvalue weighted by atomic mass is 9.55. The molecule has 31 heavy (non-hydrogen) atoms. The smallest absolute Gasteiger partial charge is 0.429 e. The number of aryl methyl sites for hydroxylation is 1. The second-order valence-corrected chi connectivity index (χ2v) is 9.64. The molecule has 0 saturated heterocycles. The second-order valence-electron chi connectivity index (χ2n) is 9.64. The molecule has 0 heterocycles. The van der Waals surface area contributed by atoms with Gasteiger partial charge in [-0.1, -0.05) is 49.9 Å². The summed E-state index contributed by atoms with van der Waals surface area (Å²) in [6.45, 7) is 6.74. The van der Waals surface area contributed by atoms with E-state index in [2.05, 4.69) is 19.6 Å². The van der Waals surface area contributed by atoms with Crippen molar-refractivity contribution in [1.29, 1.82) is 0 Å². The largest absolute Gasteiger partial charge is 0.514 e. The predicted octanol–water partition coefficient (Wildman–Crippen LogP) is 5.79. The van der Waals surface area contributed by atoms with Crippen LogP contribution in [0.25, 0.3) is 0 Å². The molecule has 5 rings (SSSR count). The summed E-state index contributed by atoms with van der Waals surface area (Å²) in [4.78, 5) is 12.1. The lowest BCUT2D eigenvalue weighted by Gasteiger charge is -2.49. The molecule has 5 atom stereocenters. The third-order valence-corrected chi connectivity index (χ3v) is 8.10. The molecule has 0 unspecified atom stereocenters. The number of fused-ring (bicyclic) bond motifs is 5. The van der Waals surface area contributed by atoms with E-state index in [0.29, 0.717) is 23.5 Å². The molecule has 0 aliphatic heterocycles. The van der Waals surface area contributed by atoms with E-state index in [1.54, 1.807) is 0 Å². The number of carbonyl (C=O) groups excluding carboxylic acids is 1. The van der Waals surface area contributed by atoms with Crippen LogP contribution in [-0.2, 0) is 17.8 Å². The molecule has 4 nitrogen and oxygen atoms in total. The van der Waals surface area contributed by atoms with Crippen molar-refractivity contribution in [2.45, 2.75) is 57.7 Å². The van der Waals surface area contributed by atoms with Crippen LogP contribution in [-0.4, -0.2) is 17.4 Å². The van der Waals surface area contributed by atoms with Crippen molar-refractivity contribution < 1.29 is 19.4 Å². The number of ether oxygens (including phenoxy) is 2. The van der Waals surface area contributed by atoms with Crippen molar-refractivity contribution in [2.75, 3.05) is 0 Å². The topological polar surface area (TPSA) is 55.8 Å². The minimum Gasteiger partial charge on any atom is -0.429 e. The Kier molecular flexibility index (Phi) is 5.13. The van der Waals surface area contributed by atoms with E-state index in [9.17, 15) is 9.90 Å². The predicted molar refractivity (Wildman–Crippen MR) is 119 cm³/mol. The molecule has 4 heteroatoms. The van der Waals surface area contributed by atoms with Crippen molar-refractivity contribution in [1.82, 2.24) is 0 Å². The van der Waals surface area contributed by atoms with Crippen molar-refractivity contribution in [3.05, 3.63) is 77.4 Å². The zero-order valence-electron chi connectivity index (χ0n) is 18.0. The highest BCUT2D eigenvalue weighted by Crippen LogP contribution is 2.62. The molecule has 2 aromatic rings. The average molecular weight is 419 g/mol. The van der Waals surface area contributed by atoms with Gasteiger partial charge >= 0.3 is 6.16 Å². The number of benzene rings is 2. The first kappa shape index (κ1) is 20.3. The Morgan fingerprint density at radius 3 is 2.81 bits per heavy atom. The fraction of sp³-hybridized carbons (Fsp3) is 0.444. The van der Waals surface area contributed by atoms with Gasteiger partial charge in [-0.15, -0.1) is 0 Å². The van der Waals surface area contributed by atoms with Gasteiger partial charge in [0.2, 0.25) is 0 Å². The fourth-order valence-corrected chi connectivity index (χ4v) is 6.38. The van der Waals surface area contributed by atoms with E-state index in [-0.39, 0.29) is 18.1 Å². The van der Waals surface area contributed by atoms with Crippen molar-refractivity contribution >= 4 is 6.16 Å². The molecule has 2 fully saturated rings. The van der Waals surface area contributed by atoms with Gasteiger partial charge in [-0.2, -0.15) is 0 Å². The molecule has 0 aromatic heterocycles. The van der Waals surface area contributed by atoms with Gasteiger partial charge in [-0.3, -0.25) is 0 Å². The quantitative estimate of drug-likeness (QED) is 0.390. The van der Waals surface area contributed by atoms with Crippen LogP contribution in [0.2, 0.25) is 0 Å². The molecule has 2 aromatic carbocycles. The van der Waals surface area contributed by atoms with Crippen molar-refractivity contribution in [2.24, 2.45) is 17.3 Å². The second kappa shape index (κ2) is 7.83. The highest BCUT2D eigenvalue weighted by Gasteiger charge is 2.54. The van der Waals surface area contributed by atoms with Gasteiger partial charge in [0.05, 0.1) is 6.10 Å². The molecule has 0 spiro atoms. The van der Waals surface area contributed by atoms with Gasteiger partial charge in [0.25, 0.3) is 0 Å². The first-order valence-corrected chi connectivity index (χ1v) is 11.3. The maximum absolute atomic E-state index is 12.1. The zero-order valence-corrected chi connectivity index (χ0v) is 18.0. The molecule has 1 N–H and O–H groups in total. The van der Waals surface area contributed by atoms with E-state index in [0.717, 1.165) is 43.2 Å². The van der Waals surface area contributed by atoms with Crippen LogP contribution in [0.1, 0.15) is 55.2 Å². The lowest BCUT2D eigenvalue weighted by Crippen LogP contribution is -2.40. The summed E-state index contributed by atoms with van der Waals surface area (Å²) >= 11 is 0. The molecule has 2 saturated carbocycles. The monoisotopic (exact) mass is 418 g/mol. The van der Waals surface area contributed by atoms with E-state index < -0.39 is 6.16 Å². The van der Waals surface area contributed by atoms with Crippen LogP contribution in [0.4, 0.5) is 4.79 Å². The lowest BCUT2D eigenvalue weighted by molar-refractivity contribution is 0.0781. The number of rotatable bonds is 3. The first-order valence-electron chi connectivity index (χ1n) is 11.3. The molecular formula is C27H30O4. The summed E-state index contributed by atoms with van der Waals surface area (Å²) in [7, 11) is 0. The first-order chi connectivity index (χ1) is 15.0. The van der Waals surface area contributed by atoms with Crippen LogP contribution in [0.15, 0.2) is 60.7 Å². The SMILES string of the molecule is C=C1[C@H](O)C[C@H]2[C@@H]3CCc4cc(OC(=O)OCc5ccccc5)ccc4[C@H]3CC[C@]12C. The highest BCUT2D eigenvalue weighted by molar-refractivity contribution is 5.64. The third kappa shape index (κ3) is 3.57. The molecule has 3 aliphatic carbocycles. The standard InChI is InChI=1S/C27H30O4/c1-17-25(28)15-24-23-10-8-19-14-20(9-11-21(19)22(23)12-13-27(17,24)2)31-26(29)30-16-18-6-4-3-5-7-18/h3-7,9,11,14,22-25,28H,1,8,10,12-13,15-16H2,2H3/t22-,23-,24+,25-,27-/m1/s1. The molecule has 0 radical (unpaired) electrons. The van der Waals surface area contributed by atoms with Gasteiger partial charge in [0, 0.05) is 0 Å². The summed E-state index contributed by atoms with van der Waals surface area (Å²) in [6.07, 6.45) is 4.10.